The van der Waals surface area contributed by atoms with Gasteiger partial charge >= 0.3 is 0 Å². The van der Waals surface area contributed by atoms with E-state index >= 15 is 0 Å². The summed E-state index contributed by atoms with van der Waals surface area (Å²) in [5.74, 6) is 0. The maximum absolute atomic E-state index is 9.32. The molecule has 1 unspecified atom stereocenters. The zero-order valence-electron chi connectivity index (χ0n) is 10.7. The molecule has 17 heavy (non-hydrogen) atoms. The van der Waals surface area contributed by atoms with Crippen molar-refractivity contribution in [2.24, 2.45) is 0 Å². The Kier molecular flexibility index (Phi) is 5.31. The Bertz CT molecular complexity index is 412. The van der Waals surface area contributed by atoms with Crippen molar-refractivity contribution in [1.82, 2.24) is 0 Å². The van der Waals surface area contributed by atoms with Gasteiger partial charge in [-0.3, -0.25) is 0 Å². The molecule has 0 amide bonds. The molecule has 0 bridgehead atoms. The van der Waals surface area contributed by atoms with Crippen LogP contribution in [0.1, 0.15) is 33.6 Å². The fourth-order valence-corrected chi connectivity index (χ4v) is 2.59. The molecule has 0 saturated heterocycles. The van der Waals surface area contributed by atoms with Crippen LogP contribution in [0.5, 0.6) is 0 Å². The summed E-state index contributed by atoms with van der Waals surface area (Å²) >= 11 is 1.65. The highest BCUT2D eigenvalue weighted by Gasteiger charge is 2.24. The minimum atomic E-state index is -0.340. The van der Waals surface area contributed by atoms with E-state index in [-0.39, 0.29) is 4.75 Å². The first kappa shape index (κ1) is 13.9. The van der Waals surface area contributed by atoms with Crippen LogP contribution in [0.25, 0.3) is 0 Å². The molecule has 0 heterocycles. The van der Waals surface area contributed by atoms with Gasteiger partial charge in [0, 0.05) is 4.90 Å². The average molecular weight is 245 g/mol. The number of nitriles is 1. The summed E-state index contributed by atoms with van der Waals surface area (Å²) in [7, 11) is 0. The summed E-state index contributed by atoms with van der Waals surface area (Å²) in [6, 6.07) is 12.6. The first-order valence-corrected chi connectivity index (χ1v) is 6.66. The van der Waals surface area contributed by atoms with Crippen LogP contribution in [-0.2, 0) is 0 Å². The van der Waals surface area contributed by atoms with Gasteiger partial charge in [0.05, 0.1) is 6.07 Å². The molecule has 1 nitrogen and oxygen atoms in total. The predicted octanol–water partition coefficient (Wildman–Crippen LogP) is 4.81. The lowest BCUT2D eigenvalue weighted by Gasteiger charge is -2.20. The second-order valence-corrected chi connectivity index (χ2v) is 6.15. The van der Waals surface area contributed by atoms with Crippen LogP contribution in [0.2, 0.25) is 0 Å². The van der Waals surface area contributed by atoms with Gasteiger partial charge in [0.15, 0.2) is 0 Å². The van der Waals surface area contributed by atoms with E-state index in [2.05, 4.69) is 38.1 Å². The molecule has 1 atom stereocenters. The molecule has 1 aromatic rings. The SMILES string of the molecule is CC(C)=CCCC(C)(C#N)Sc1ccccc1. The molecule has 90 valence electrons. The Morgan fingerprint density at radius 1 is 1.35 bits per heavy atom. The highest BCUT2D eigenvalue weighted by atomic mass is 32.2. The van der Waals surface area contributed by atoms with E-state index in [0.29, 0.717) is 0 Å². The minimum absolute atomic E-state index is 0.340. The Hall–Kier alpha value is -1.20. The van der Waals surface area contributed by atoms with E-state index in [4.69, 9.17) is 0 Å². The molecule has 0 N–H and O–H groups in total. The summed E-state index contributed by atoms with van der Waals surface area (Å²) in [6.45, 7) is 6.20. The first-order chi connectivity index (χ1) is 8.06. The van der Waals surface area contributed by atoms with Crippen molar-refractivity contribution in [1.29, 1.82) is 5.26 Å². The van der Waals surface area contributed by atoms with Gasteiger partial charge in [-0.1, -0.05) is 29.8 Å². The van der Waals surface area contributed by atoms with Gasteiger partial charge in [-0.15, -0.1) is 11.8 Å². The van der Waals surface area contributed by atoms with Gasteiger partial charge in [-0.05, 0) is 45.7 Å². The fourth-order valence-electron chi connectivity index (χ4n) is 1.51. The van der Waals surface area contributed by atoms with Gasteiger partial charge in [0.25, 0.3) is 0 Å². The van der Waals surface area contributed by atoms with Crippen LogP contribution in [0.15, 0.2) is 46.9 Å². The molecule has 0 aromatic heterocycles. The van der Waals surface area contributed by atoms with Gasteiger partial charge in [0.1, 0.15) is 4.75 Å². The lowest BCUT2D eigenvalue weighted by molar-refractivity contribution is 0.718. The minimum Gasteiger partial charge on any atom is -0.197 e. The maximum atomic E-state index is 9.32. The van der Waals surface area contributed by atoms with Crippen LogP contribution in [0, 0.1) is 11.3 Å². The van der Waals surface area contributed by atoms with Gasteiger partial charge in [-0.25, -0.2) is 0 Å². The molecule has 0 radical (unpaired) electrons. The Morgan fingerprint density at radius 2 is 2.00 bits per heavy atom. The van der Waals surface area contributed by atoms with Crippen molar-refractivity contribution in [3.05, 3.63) is 42.0 Å². The Labute approximate surface area is 109 Å². The van der Waals surface area contributed by atoms with Gasteiger partial charge in [-0.2, -0.15) is 5.26 Å². The van der Waals surface area contributed by atoms with E-state index < -0.39 is 0 Å². The molecule has 0 aliphatic heterocycles. The molecule has 0 aliphatic rings. The smallest absolute Gasteiger partial charge is 0.104 e. The monoisotopic (exact) mass is 245 g/mol. The largest absolute Gasteiger partial charge is 0.197 e. The second-order valence-electron chi connectivity index (χ2n) is 4.58. The standard InChI is InChI=1S/C15H19NS/c1-13(2)8-7-11-15(3,12-16)17-14-9-5-4-6-10-14/h4-6,8-10H,7,11H2,1-3H3. The Balaban J connectivity index is 2.64. The molecule has 1 aromatic carbocycles. The lowest BCUT2D eigenvalue weighted by Crippen LogP contribution is -2.16. The van der Waals surface area contributed by atoms with Crippen LogP contribution in [-0.4, -0.2) is 4.75 Å². The van der Waals surface area contributed by atoms with Crippen molar-refractivity contribution in [2.75, 3.05) is 0 Å². The van der Waals surface area contributed by atoms with Crippen LogP contribution in [0.4, 0.5) is 0 Å². The number of hydrogen-bond donors (Lipinski definition) is 0. The van der Waals surface area contributed by atoms with E-state index in [0.717, 1.165) is 17.7 Å². The number of nitrogens with zero attached hydrogens (tertiary/aromatic N) is 1. The van der Waals surface area contributed by atoms with Crippen molar-refractivity contribution in [2.45, 2.75) is 43.3 Å². The van der Waals surface area contributed by atoms with E-state index in [1.54, 1.807) is 11.8 Å². The highest BCUT2D eigenvalue weighted by Crippen LogP contribution is 2.35. The number of benzene rings is 1. The molecule has 1 rings (SSSR count). The van der Waals surface area contributed by atoms with Crippen molar-refractivity contribution < 1.29 is 0 Å². The van der Waals surface area contributed by atoms with Gasteiger partial charge < -0.3 is 0 Å². The van der Waals surface area contributed by atoms with Crippen molar-refractivity contribution in [3.63, 3.8) is 0 Å². The van der Waals surface area contributed by atoms with Crippen LogP contribution >= 0.6 is 11.8 Å². The van der Waals surface area contributed by atoms with E-state index in [1.807, 2.05) is 25.1 Å². The fraction of sp³-hybridized carbons (Fsp3) is 0.400. The summed E-state index contributed by atoms with van der Waals surface area (Å²) in [4.78, 5) is 1.16. The third kappa shape index (κ3) is 5.10. The number of thioether (sulfide) groups is 1. The third-order valence-corrected chi connectivity index (χ3v) is 3.75. The molecular formula is C15H19NS. The van der Waals surface area contributed by atoms with E-state index in [1.165, 1.54) is 5.57 Å². The van der Waals surface area contributed by atoms with Gasteiger partial charge in [0.2, 0.25) is 0 Å². The first-order valence-electron chi connectivity index (χ1n) is 5.84. The number of hydrogen-bond acceptors (Lipinski definition) is 2. The zero-order valence-corrected chi connectivity index (χ0v) is 11.6. The summed E-state index contributed by atoms with van der Waals surface area (Å²) < 4.78 is -0.340. The summed E-state index contributed by atoms with van der Waals surface area (Å²) in [5.41, 5.74) is 1.31. The molecule has 0 aliphatic carbocycles. The topological polar surface area (TPSA) is 23.8 Å². The summed E-state index contributed by atoms with van der Waals surface area (Å²) in [6.07, 6.45) is 4.04. The average Bonchev–Trinajstić information content (AvgIpc) is 2.30. The molecule has 0 fully saturated rings. The summed E-state index contributed by atoms with van der Waals surface area (Å²) in [5, 5.41) is 9.32. The number of rotatable bonds is 5. The highest BCUT2D eigenvalue weighted by molar-refractivity contribution is 8.00. The quantitative estimate of drug-likeness (QED) is 0.549. The molecular weight excluding hydrogens is 226 g/mol. The third-order valence-electron chi connectivity index (χ3n) is 2.50. The zero-order chi connectivity index (χ0) is 12.7. The van der Waals surface area contributed by atoms with Crippen molar-refractivity contribution >= 4 is 11.8 Å². The normalized spacial score (nSPS) is 13.5. The predicted molar refractivity (Wildman–Crippen MR) is 75.0 cm³/mol. The molecule has 0 spiro atoms. The maximum Gasteiger partial charge on any atom is 0.104 e. The lowest BCUT2D eigenvalue weighted by atomic mass is 10.1. The number of allylic oxidation sites excluding steroid dienone is 2. The molecule has 0 saturated carbocycles. The second kappa shape index (κ2) is 6.51. The van der Waals surface area contributed by atoms with E-state index in [9.17, 15) is 5.26 Å². The molecule has 2 heteroatoms. The van der Waals surface area contributed by atoms with Crippen molar-refractivity contribution in [3.8, 4) is 6.07 Å². The van der Waals surface area contributed by atoms with Crippen LogP contribution in [0.3, 0.4) is 0 Å². The van der Waals surface area contributed by atoms with Crippen LogP contribution < -0.4 is 0 Å². The Morgan fingerprint density at radius 3 is 2.53 bits per heavy atom.